The summed E-state index contributed by atoms with van der Waals surface area (Å²) in [6.45, 7) is 3.98. The zero-order valence-corrected chi connectivity index (χ0v) is 15.0. The van der Waals surface area contributed by atoms with Crippen LogP contribution >= 0.6 is 11.6 Å². The average molecular weight is 356 g/mol. The second kappa shape index (κ2) is 7.03. The predicted octanol–water partition coefficient (Wildman–Crippen LogP) is 5.36. The van der Waals surface area contributed by atoms with Crippen LogP contribution in [0.4, 0.5) is 5.69 Å². The van der Waals surface area contributed by atoms with E-state index in [2.05, 4.69) is 5.32 Å². The van der Waals surface area contributed by atoms with E-state index >= 15 is 0 Å². The van der Waals surface area contributed by atoms with Gasteiger partial charge < -0.3 is 14.5 Å². The zero-order chi connectivity index (χ0) is 18.0. The summed E-state index contributed by atoms with van der Waals surface area (Å²) in [6.07, 6.45) is 3.06. The Morgan fingerprint density at radius 2 is 2.04 bits per heavy atom. The minimum atomic E-state index is -0.223. The Morgan fingerprint density at radius 3 is 2.80 bits per heavy atom. The number of fused-ring (bicyclic) bond motifs is 1. The van der Waals surface area contributed by atoms with Crippen LogP contribution in [-0.4, -0.2) is 13.0 Å². The Kier molecular flexibility index (Phi) is 4.81. The van der Waals surface area contributed by atoms with E-state index in [1.54, 1.807) is 25.3 Å². The SMILES string of the molecule is COc1cc(Cl)cc2cc(C=CC(=O)Nc3cccc(C)c3C)oc12. The van der Waals surface area contributed by atoms with Crippen molar-refractivity contribution in [2.75, 3.05) is 12.4 Å². The Bertz CT molecular complexity index is 972. The third-order valence-electron chi connectivity index (χ3n) is 4.05. The van der Waals surface area contributed by atoms with E-state index in [1.165, 1.54) is 6.08 Å². The van der Waals surface area contributed by atoms with Gasteiger partial charge in [0.1, 0.15) is 5.76 Å². The molecule has 4 nitrogen and oxygen atoms in total. The molecule has 1 heterocycles. The molecule has 1 N–H and O–H groups in total. The van der Waals surface area contributed by atoms with Gasteiger partial charge in [-0.25, -0.2) is 0 Å². The van der Waals surface area contributed by atoms with Crippen LogP contribution in [-0.2, 0) is 4.79 Å². The molecule has 25 heavy (non-hydrogen) atoms. The number of nitrogens with one attached hydrogen (secondary N) is 1. The number of ether oxygens (including phenoxy) is 1. The maximum Gasteiger partial charge on any atom is 0.248 e. The van der Waals surface area contributed by atoms with Crippen LogP contribution in [0, 0.1) is 13.8 Å². The first-order chi connectivity index (χ1) is 12.0. The maximum absolute atomic E-state index is 12.2. The Balaban J connectivity index is 1.80. The van der Waals surface area contributed by atoms with E-state index in [1.807, 2.05) is 38.1 Å². The Labute approximate surface area is 151 Å². The number of furan rings is 1. The quantitative estimate of drug-likeness (QED) is 0.640. The molecule has 1 amide bonds. The highest BCUT2D eigenvalue weighted by Crippen LogP contribution is 2.32. The first kappa shape index (κ1) is 17.1. The average Bonchev–Trinajstić information content (AvgIpc) is 2.99. The summed E-state index contributed by atoms with van der Waals surface area (Å²) < 4.78 is 11.0. The lowest BCUT2D eigenvalue weighted by Gasteiger charge is -2.08. The van der Waals surface area contributed by atoms with Crippen molar-refractivity contribution in [3.8, 4) is 5.75 Å². The van der Waals surface area contributed by atoms with E-state index in [0.29, 0.717) is 22.1 Å². The molecule has 0 aliphatic carbocycles. The van der Waals surface area contributed by atoms with Crippen LogP contribution in [0.15, 0.2) is 46.9 Å². The van der Waals surface area contributed by atoms with Gasteiger partial charge in [0.25, 0.3) is 0 Å². The summed E-state index contributed by atoms with van der Waals surface area (Å²) in [5.41, 5.74) is 3.57. The minimum absolute atomic E-state index is 0.223. The molecule has 0 radical (unpaired) electrons. The molecular weight excluding hydrogens is 338 g/mol. The molecule has 3 aromatic rings. The van der Waals surface area contributed by atoms with E-state index < -0.39 is 0 Å². The third kappa shape index (κ3) is 3.69. The summed E-state index contributed by atoms with van der Waals surface area (Å²) in [5, 5.41) is 4.26. The molecule has 0 atom stereocenters. The number of halogens is 1. The van der Waals surface area contributed by atoms with Gasteiger partial charge >= 0.3 is 0 Å². The van der Waals surface area contributed by atoms with Crippen molar-refractivity contribution in [3.05, 3.63) is 64.4 Å². The topological polar surface area (TPSA) is 51.5 Å². The summed E-state index contributed by atoms with van der Waals surface area (Å²) in [7, 11) is 1.56. The zero-order valence-electron chi connectivity index (χ0n) is 14.2. The second-order valence-corrected chi connectivity index (χ2v) is 6.18. The summed E-state index contributed by atoms with van der Waals surface area (Å²) in [4.78, 5) is 12.2. The van der Waals surface area contributed by atoms with Gasteiger partial charge in [0.2, 0.25) is 5.91 Å². The number of benzene rings is 2. The molecule has 2 aromatic carbocycles. The molecule has 3 rings (SSSR count). The Hall–Kier alpha value is -2.72. The lowest BCUT2D eigenvalue weighted by molar-refractivity contribution is -0.111. The highest BCUT2D eigenvalue weighted by atomic mass is 35.5. The predicted molar refractivity (Wildman–Crippen MR) is 101 cm³/mol. The van der Waals surface area contributed by atoms with E-state index in [4.69, 9.17) is 20.8 Å². The van der Waals surface area contributed by atoms with Crippen molar-refractivity contribution in [1.82, 2.24) is 0 Å². The largest absolute Gasteiger partial charge is 0.493 e. The fourth-order valence-corrected chi connectivity index (χ4v) is 2.77. The first-order valence-electron chi connectivity index (χ1n) is 7.80. The molecule has 5 heteroatoms. The van der Waals surface area contributed by atoms with Crippen LogP contribution in [0.3, 0.4) is 0 Å². The van der Waals surface area contributed by atoms with Crippen molar-refractivity contribution in [1.29, 1.82) is 0 Å². The molecule has 0 spiro atoms. The van der Waals surface area contributed by atoms with E-state index in [-0.39, 0.29) is 5.91 Å². The number of rotatable bonds is 4. The number of amides is 1. The molecule has 0 aliphatic heterocycles. The molecule has 128 valence electrons. The third-order valence-corrected chi connectivity index (χ3v) is 4.27. The molecular formula is C20H18ClNO3. The number of methoxy groups -OCH3 is 1. The summed E-state index contributed by atoms with van der Waals surface area (Å²) in [5.74, 6) is 0.882. The van der Waals surface area contributed by atoms with Crippen LogP contribution < -0.4 is 10.1 Å². The molecule has 0 bridgehead atoms. The lowest BCUT2D eigenvalue weighted by atomic mass is 10.1. The lowest BCUT2D eigenvalue weighted by Crippen LogP contribution is -2.09. The van der Waals surface area contributed by atoms with Crippen LogP contribution in [0.5, 0.6) is 5.75 Å². The molecule has 0 saturated carbocycles. The van der Waals surface area contributed by atoms with Crippen molar-refractivity contribution < 1.29 is 13.9 Å². The van der Waals surface area contributed by atoms with Gasteiger partial charge in [-0.2, -0.15) is 0 Å². The van der Waals surface area contributed by atoms with Crippen molar-refractivity contribution in [2.45, 2.75) is 13.8 Å². The molecule has 0 unspecified atom stereocenters. The first-order valence-corrected chi connectivity index (χ1v) is 8.18. The van der Waals surface area contributed by atoms with Crippen LogP contribution in [0.1, 0.15) is 16.9 Å². The van der Waals surface area contributed by atoms with Gasteiger partial charge in [0.05, 0.1) is 7.11 Å². The van der Waals surface area contributed by atoms with Gasteiger partial charge in [0, 0.05) is 28.2 Å². The number of anilines is 1. The number of hydrogen-bond donors (Lipinski definition) is 1. The van der Waals surface area contributed by atoms with Crippen molar-refractivity contribution in [2.24, 2.45) is 0 Å². The molecule has 1 aromatic heterocycles. The normalized spacial score (nSPS) is 11.2. The number of carbonyl (C=O) groups is 1. The van der Waals surface area contributed by atoms with Crippen LogP contribution in [0.2, 0.25) is 5.02 Å². The highest BCUT2D eigenvalue weighted by Gasteiger charge is 2.10. The second-order valence-electron chi connectivity index (χ2n) is 5.75. The van der Waals surface area contributed by atoms with Gasteiger partial charge in [-0.1, -0.05) is 23.7 Å². The van der Waals surface area contributed by atoms with Crippen molar-refractivity contribution in [3.63, 3.8) is 0 Å². The fourth-order valence-electron chi connectivity index (χ4n) is 2.56. The van der Waals surface area contributed by atoms with E-state index in [9.17, 15) is 4.79 Å². The summed E-state index contributed by atoms with van der Waals surface area (Å²) >= 11 is 6.05. The monoisotopic (exact) mass is 355 g/mol. The van der Waals surface area contributed by atoms with Gasteiger partial charge in [-0.05, 0) is 49.2 Å². The fraction of sp³-hybridized carbons (Fsp3) is 0.150. The highest BCUT2D eigenvalue weighted by molar-refractivity contribution is 6.31. The molecule has 0 saturated heterocycles. The number of aryl methyl sites for hydroxylation is 1. The smallest absolute Gasteiger partial charge is 0.248 e. The Morgan fingerprint density at radius 1 is 1.24 bits per heavy atom. The van der Waals surface area contributed by atoms with E-state index in [0.717, 1.165) is 22.2 Å². The number of carbonyl (C=O) groups excluding carboxylic acids is 1. The van der Waals surface area contributed by atoms with Gasteiger partial charge in [-0.15, -0.1) is 0 Å². The number of hydrogen-bond acceptors (Lipinski definition) is 3. The molecule has 0 fully saturated rings. The standard InChI is InChI=1S/C20H18ClNO3/c1-12-5-4-6-17(13(12)2)22-19(23)8-7-16-10-14-9-15(21)11-18(24-3)20(14)25-16/h4-11H,1-3H3,(H,22,23). The molecule has 0 aliphatic rings. The van der Waals surface area contributed by atoms with Gasteiger partial charge in [0.15, 0.2) is 11.3 Å². The maximum atomic E-state index is 12.2. The van der Waals surface area contributed by atoms with Gasteiger partial charge in [-0.3, -0.25) is 4.79 Å². The minimum Gasteiger partial charge on any atom is -0.493 e. The summed E-state index contributed by atoms with van der Waals surface area (Å²) in [6, 6.07) is 11.1. The van der Waals surface area contributed by atoms with Crippen LogP contribution in [0.25, 0.3) is 17.0 Å². The van der Waals surface area contributed by atoms with Crippen molar-refractivity contribution >= 4 is 40.2 Å².